The van der Waals surface area contributed by atoms with Gasteiger partial charge in [0.05, 0.1) is 0 Å². The first-order chi connectivity index (χ1) is 7.65. The Balaban J connectivity index is 2.13. The summed E-state index contributed by atoms with van der Waals surface area (Å²) in [5.41, 5.74) is 2.17. The Morgan fingerprint density at radius 1 is 1.44 bits per heavy atom. The Hall–Kier alpha value is -0.770. The average molecular weight is 237 g/mol. The zero-order chi connectivity index (χ0) is 11.5. The van der Waals surface area contributed by atoms with Crippen molar-refractivity contribution >= 4 is 17.7 Å². The standard InChI is InChI=1S/C12H19N3S/c1-8(2)11-6-9(3)13-12(15-11)14-10-4-5-16-7-10/h6,8,10H,4-5,7H2,1-3H3,(H,13,14,15). The molecule has 2 heterocycles. The van der Waals surface area contributed by atoms with E-state index in [9.17, 15) is 0 Å². The summed E-state index contributed by atoms with van der Waals surface area (Å²) in [5.74, 6) is 3.69. The predicted octanol–water partition coefficient (Wildman–Crippen LogP) is 2.83. The van der Waals surface area contributed by atoms with Gasteiger partial charge in [0.15, 0.2) is 0 Å². The van der Waals surface area contributed by atoms with E-state index in [0.29, 0.717) is 12.0 Å². The Labute approximate surface area is 101 Å². The summed E-state index contributed by atoms with van der Waals surface area (Å²) in [7, 11) is 0. The maximum Gasteiger partial charge on any atom is 0.223 e. The van der Waals surface area contributed by atoms with Gasteiger partial charge in [-0.1, -0.05) is 13.8 Å². The van der Waals surface area contributed by atoms with Gasteiger partial charge in [0.25, 0.3) is 0 Å². The highest BCUT2D eigenvalue weighted by atomic mass is 32.2. The third-order valence-electron chi connectivity index (χ3n) is 2.73. The van der Waals surface area contributed by atoms with E-state index in [-0.39, 0.29) is 0 Å². The summed E-state index contributed by atoms with van der Waals surface area (Å²) in [5, 5.41) is 3.43. The van der Waals surface area contributed by atoms with Crippen LogP contribution in [-0.4, -0.2) is 27.5 Å². The third-order valence-corrected chi connectivity index (χ3v) is 3.89. The fourth-order valence-corrected chi connectivity index (χ4v) is 2.94. The van der Waals surface area contributed by atoms with Crippen LogP contribution in [0.2, 0.25) is 0 Å². The lowest BCUT2D eigenvalue weighted by molar-refractivity contribution is 0.773. The first-order valence-corrected chi connectivity index (χ1v) is 7.00. The van der Waals surface area contributed by atoms with E-state index in [2.05, 4.69) is 35.2 Å². The molecule has 1 fully saturated rings. The van der Waals surface area contributed by atoms with Crippen LogP contribution in [0, 0.1) is 6.92 Å². The highest BCUT2D eigenvalue weighted by Gasteiger charge is 2.16. The Morgan fingerprint density at radius 2 is 2.25 bits per heavy atom. The van der Waals surface area contributed by atoms with E-state index in [1.54, 1.807) is 0 Å². The largest absolute Gasteiger partial charge is 0.351 e. The molecule has 0 aromatic carbocycles. The average Bonchev–Trinajstić information content (AvgIpc) is 2.69. The summed E-state index contributed by atoms with van der Waals surface area (Å²) in [6.45, 7) is 6.36. The van der Waals surface area contributed by atoms with Gasteiger partial charge in [0, 0.05) is 23.2 Å². The van der Waals surface area contributed by atoms with Crippen molar-refractivity contribution in [3.63, 3.8) is 0 Å². The topological polar surface area (TPSA) is 37.8 Å². The fourth-order valence-electron chi connectivity index (χ4n) is 1.78. The highest BCUT2D eigenvalue weighted by Crippen LogP contribution is 2.21. The third kappa shape index (κ3) is 2.88. The number of aromatic nitrogens is 2. The van der Waals surface area contributed by atoms with Crippen molar-refractivity contribution in [3.05, 3.63) is 17.5 Å². The van der Waals surface area contributed by atoms with Gasteiger partial charge in [-0.25, -0.2) is 9.97 Å². The van der Waals surface area contributed by atoms with Gasteiger partial charge < -0.3 is 5.32 Å². The van der Waals surface area contributed by atoms with Crippen LogP contribution in [0.4, 0.5) is 5.95 Å². The molecule has 1 aromatic heterocycles. The maximum absolute atomic E-state index is 4.57. The molecule has 2 rings (SSSR count). The normalized spacial score (nSPS) is 20.4. The van der Waals surface area contributed by atoms with Gasteiger partial charge in [-0.15, -0.1) is 0 Å². The lowest BCUT2D eigenvalue weighted by atomic mass is 10.1. The molecule has 3 nitrogen and oxygen atoms in total. The Morgan fingerprint density at radius 3 is 2.88 bits per heavy atom. The minimum absolute atomic E-state index is 0.459. The molecule has 4 heteroatoms. The quantitative estimate of drug-likeness (QED) is 0.877. The summed E-state index contributed by atoms with van der Waals surface area (Å²) >= 11 is 2.00. The van der Waals surface area contributed by atoms with Gasteiger partial charge in [-0.05, 0) is 31.1 Å². The van der Waals surface area contributed by atoms with E-state index >= 15 is 0 Å². The molecule has 1 unspecified atom stereocenters. The summed E-state index contributed by atoms with van der Waals surface area (Å²) < 4.78 is 0. The number of aryl methyl sites for hydroxylation is 1. The molecule has 0 amide bonds. The van der Waals surface area contributed by atoms with E-state index in [1.807, 2.05) is 18.7 Å². The molecule has 88 valence electrons. The van der Waals surface area contributed by atoms with E-state index in [4.69, 9.17) is 0 Å². The SMILES string of the molecule is Cc1cc(C(C)C)nc(NC2CCSC2)n1. The molecular formula is C12H19N3S. The molecule has 0 saturated carbocycles. The minimum atomic E-state index is 0.459. The van der Waals surface area contributed by atoms with Crippen molar-refractivity contribution in [2.24, 2.45) is 0 Å². The van der Waals surface area contributed by atoms with Crippen molar-refractivity contribution in [3.8, 4) is 0 Å². The number of hydrogen-bond acceptors (Lipinski definition) is 4. The summed E-state index contributed by atoms with van der Waals surface area (Å²) in [4.78, 5) is 9.01. The lowest BCUT2D eigenvalue weighted by Gasteiger charge is -2.13. The van der Waals surface area contributed by atoms with Crippen LogP contribution in [0.1, 0.15) is 37.6 Å². The molecule has 0 radical (unpaired) electrons. The van der Waals surface area contributed by atoms with Crippen molar-refractivity contribution in [2.45, 2.75) is 39.2 Å². The molecule has 0 aliphatic carbocycles. The molecule has 1 saturated heterocycles. The fraction of sp³-hybridized carbons (Fsp3) is 0.667. The van der Waals surface area contributed by atoms with Crippen LogP contribution in [0.15, 0.2) is 6.07 Å². The first-order valence-electron chi connectivity index (χ1n) is 5.85. The second-order valence-electron chi connectivity index (χ2n) is 4.62. The van der Waals surface area contributed by atoms with Gasteiger partial charge >= 0.3 is 0 Å². The maximum atomic E-state index is 4.57. The van der Waals surface area contributed by atoms with Crippen LogP contribution in [-0.2, 0) is 0 Å². The highest BCUT2D eigenvalue weighted by molar-refractivity contribution is 7.99. The molecule has 1 aromatic rings. The zero-order valence-electron chi connectivity index (χ0n) is 10.2. The monoisotopic (exact) mass is 237 g/mol. The van der Waals surface area contributed by atoms with Crippen LogP contribution in [0.5, 0.6) is 0 Å². The van der Waals surface area contributed by atoms with Crippen molar-refractivity contribution < 1.29 is 0 Å². The second-order valence-corrected chi connectivity index (χ2v) is 5.77. The molecule has 1 N–H and O–H groups in total. The number of rotatable bonds is 3. The van der Waals surface area contributed by atoms with E-state index in [1.165, 1.54) is 17.9 Å². The second kappa shape index (κ2) is 5.04. The number of hydrogen-bond donors (Lipinski definition) is 1. The lowest BCUT2D eigenvalue weighted by Crippen LogP contribution is -2.20. The first kappa shape index (κ1) is 11.7. The van der Waals surface area contributed by atoms with Crippen molar-refractivity contribution in [1.82, 2.24) is 9.97 Å². The zero-order valence-corrected chi connectivity index (χ0v) is 11.0. The summed E-state index contributed by atoms with van der Waals surface area (Å²) in [6.07, 6.45) is 1.22. The van der Waals surface area contributed by atoms with Crippen LogP contribution in [0.3, 0.4) is 0 Å². The Bertz CT molecular complexity index is 359. The number of anilines is 1. The molecule has 1 atom stereocenters. The van der Waals surface area contributed by atoms with Gasteiger partial charge in [0.2, 0.25) is 5.95 Å². The summed E-state index contributed by atoms with van der Waals surface area (Å²) in [6, 6.07) is 2.62. The van der Waals surface area contributed by atoms with Gasteiger partial charge in [-0.3, -0.25) is 0 Å². The molecule has 1 aliphatic rings. The van der Waals surface area contributed by atoms with Gasteiger partial charge in [0.1, 0.15) is 0 Å². The van der Waals surface area contributed by atoms with Crippen LogP contribution >= 0.6 is 11.8 Å². The van der Waals surface area contributed by atoms with E-state index in [0.717, 1.165) is 17.3 Å². The number of nitrogens with zero attached hydrogens (tertiary/aromatic N) is 2. The number of thioether (sulfide) groups is 1. The molecule has 1 aliphatic heterocycles. The van der Waals surface area contributed by atoms with Gasteiger partial charge in [-0.2, -0.15) is 11.8 Å². The van der Waals surface area contributed by atoms with E-state index < -0.39 is 0 Å². The van der Waals surface area contributed by atoms with Crippen molar-refractivity contribution in [1.29, 1.82) is 0 Å². The minimum Gasteiger partial charge on any atom is -0.351 e. The Kier molecular flexibility index (Phi) is 3.69. The van der Waals surface area contributed by atoms with Crippen molar-refractivity contribution in [2.75, 3.05) is 16.8 Å². The van der Waals surface area contributed by atoms with Crippen LogP contribution in [0.25, 0.3) is 0 Å². The molecular weight excluding hydrogens is 218 g/mol. The number of nitrogens with one attached hydrogen (secondary N) is 1. The smallest absolute Gasteiger partial charge is 0.223 e. The van der Waals surface area contributed by atoms with Crippen LogP contribution < -0.4 is 5.32 Å². The predicted molar refractivity (Wildman–Crippen MR) is 70.2 cm³/mol. The molecule has 16 heavy (non-hydrogen) atoms. The molecule has 0 bridgehead atoms. The molecule has 0 spiro atoms.